The second-order valence-electron chi connectivity index (χ2n) is 3.97. The van der Waals surface area contributed by atoms with Gasteiger partial charge in [-0.2, -0.15) is 0 Å². The molecule has 1 heterocycles. The van der Waals surface area contributed by atoms with Crippen molar-refractivity contribution >= 4 is 0 Å². The lowest BCUT2D eigenvalue weighted by molar-refractivity contribution is 0.592. The van der Waals surface area contributed by atoms with Gasteiger partial charge < -0.3 is 10.3 Å². The number of nitrogens with zero attached hydrogens (tertiary/aromatic N) is 1. The van der Waals surface area contributed by atoms with E-state index < -0.39 is 0 Å². The van der Waals surface area contributed by atoms with Crippen LogP contribution in [0.5, 0.6) is 0 Å². The Morgan fingerprint density at radius 2 is 2.29 bits per heavy atom. The van der Waals surface area contributed by atoms with Crippen molar-refractivity contribution < 1.29 is 4.39 Å². The van der Waals surface area contributed by atoms with E-state index in [1.807, 2.05) is 13.0 Å². The van der Waals surface area contributed by atoms with Gasteiger partial charge in [0.15, 0.2) is 0 Å². The minimum absolute atomic E-state index is 0.0192. The Hall–Kier alpha value is -1.68. The first-order valence-corrected chi connectivity index (χ1v) is 5.71. The van der Waals surface area contributed by atoms with Crippen LogP contribution in [0.15, 0.2) is 30.6 Å². The number of aryl methyl sites for hydroxylation is 1. The van der Waals surface area contributed by atoms with E-state index in [1.165, 1.54) is 6.07 Å². The van der Waals surface area contributed by atoms with Crippen molar-refractivity contribution in [1.29, 1.82) is 0 Å². The van der Waals surface area contributed by atoms with Crippen LogP contribution in [-0.4, -0.2) is 16.5 Å². The topological polar surface area (TPSA) is 40.7 Å². The highest BCUT2D eigenvalue weighted by atomic mass is 19.1. The average molecular weight is 233 g/mol. The van der Waals surface area contributed by atoms with Gasteiger partial charge in [0, 0.05) is 12.4 Å². The fraction of sp³-hybridized carbons (Fsp3) is 0.308. The highest BCUT2D eigenvalue weighted by molar-refractivity contribution is 5.30. The number of aromatic amines is 1. The second kappa shape index (κ2) is 5.10. The predicted octanol–water partition coefficient (Wildman–Crippen LogP) is 2.56. The number of benzene rings is 1. The monoisotopic (exact) mass is 233 g/mol. The van der Waals surface area contributed by atoms with Crippen LogP contribution < -0.4 is 5.32 Å². The van der Waals surface area contributed by atoms with Crippen molar-refractivity contribution in [3.8, 4) is 0 Å². The van der Waals surface area contributed by atoms with Crippen LogP contribution in [0.1, 0.15) is 29.9 Å². The number of halogens is 1. The minimum Gasteiger partial charge on any atom is -0.347 e. The Kier molecular flexibility index (Phi) is 3.54. The van der Waals surface area contributed by atoms with E-state index in [2.05, 4.69) is 15.3 Å². The summed E-state index contributed by atoms with van der Waals surface area (Å²) in [5, 5.41) is 3.33. The molecule has 0 aliphatic rings. The Morgan fingerprint density at radius 1 is 1.47 bits per heavy atom. The zero-order valence-corrected chi connectivity index (χ0v) is 10.00. The Balaban J connectivity index is 2.35. The smallest absolute Gasteiger partial charge is 0.127 e. The molecule has 0 spiro atoms. The lowest BCUT2D eigenvalue weighted by Gasteiger charge is -2.16. The zero-order valence-electron chi connectivity index (χ0n) is 10.00. The van der Waals surface area contributed by atoms with Crippen molar-refractivity contribution in [3.05, 3.63) is 53.4 Å². The maximum Gasteiger partial charge on any atom is 0.127 e. The normalized spacial score (nSPS) is 12.6. The van der Waals surface area contributed by atoms with Gasteiger partial charge >= 0.3 is 0 Å². The molecule has 0 bridgehead atoms. The largest absolute Gasteiger partial charge is 0.347 e. The van der Waals surface area contributed by atoms with Crippen molar-refractivity contribution in [2.24, 2.45) is 0 Å². The van der Waals surface area contributed by atoms with Crippen LogP contribution in [0.25, 0.3) is 0 Å². The van der Waals surface area contributed by atoms with Crippen LogP contribution in [0.3, 0.4) is 0 Å². The summed E-state index contributed by atoms with van der Waals surface area (Å²) >= 11 is 0. The highest BCUT2D eigenvalue weighted by Crippen LogP contribution is 2.21. The van der Waals surface area contributed by atoms with Crippen LogP contribution in [-0.2, 0) is 0 Å². The van der Waals surface area contributed by atoms with Gasteiger partial charge in [-0.05, 0) is 30.7 Å². The van der Waals surface area contributed by atoms with E-state index in [0.29, 0.717) is 5.56 Å². The SMILES string of the molecule is CCNC(c1ccc(F)c(C)c1)c1ncc[nH]1. The third-order valence-corrected chi connectivity index (χ3v) is 2.72. The van der Waals surface area contributed by atoms with Gasteiger partial charge in [-0.25, -0.2) is 9.37 Å². The number of hydrogen-bond acceptors (Lipinski definition) is 2. The molecule has 0 radical (unpaired) electrons. The summed E-state index contributed by atoms with van der Waals surface area (Å²) in [4.78, 5) is 7.34. The van der Waals surface area contributed by atoms with Gasteiger partial charge in [0.25, 0.3) is 0 Å². The molecule has 1 aromatic carbocycles. The van der Waals surface area contributed by atoms with Crippen molar-refractivity contribution in [2.45, 2.75) is 19.9 Å². The van der Waals surface area contributed by atoms with Crippen LogP contribution in [0, 0.1) is 12.7 Å². The Morgan fingerprint density at radius 3 is 2.88 bits per heavy atom. The zero-order chi connectivity index (χ0) is 12.3. The molecule has 17 heavy (non-hydrogen) atoms. The van der Waals surface area contributed by atoms with Gasteiger partial charge in [-0.15, -0.1) is 0 Å². The number of H-pyrrole nitrogens is 1. The number of nitrogens with one attached hydrogen (secondary N) is 2. The molecular weight excluding hydrogens is 217 g/mol. The van der Waals surface area contributed by atoms with Crippen molar-refractivity contribution in [2.75, 3.05) is 6.54 Å². The Bertz CT molecular complexity index is 479. The molecule has 1 unspecified atom stereocenters. The van der Waals surface area contributed by atoms with Gasteiger partial charge in [0.1, 0.15) is 11.6 Å². The van der Waals surface area contributed by atoms with E-state index in [-0.39, 0.29) is 11.9 Å². The molecule has 0 saturated carbocycles. The third-order valence-electron chi connectivity index (χ3n) is 2.72. The van der Waals surface area contributed by atoms with Crippen molar-refractivity contribution in [1.82, 2.24) is 15.3 Å². The molecule has 0 amide bonds. The first-order valence-electron chi connectivity index (χ1n) is 5.71. The maximum atomic E-state index is 13.2. The quantitative estimate of drug-likeness (QED) is 0.852. The predicted molar refractivity (Wildman–Crippen MR) is 65.2 cm³/mol. The van der Waals surface area contributed by atoms with E-state index in [1.54, 1.807) is 25.4 Å². The number of rotatable bonds is 4. The minimum atomic E-state index is -0.177. The fourth-order valence-corrected chi connectivity index (χ4v) is 1.86. The summed E-state index contributed by atoms with van der Waals surface area (Å²) in [5.41, 5.74) is 1.66. The first-order chi connectivity index (χ1) is 8.22. The molecule has 0 fully saturated rings. The summed E-state index contributed by atoms with van der Waals surface area (Å²) in [6, 6.07) is 5.12. The molecular formula is C13H16FN3. The summed E-state index contributed by atoms with van der Waals surface area (Å²) in [5.74, 6) is 0.668. The van der Waals surface area contributed by atoms with E-state index in [0.717, 1.165) is 17.9 Å². The summed E-state index contributed by atoms with van der Waals surface area (Å²) in [6.45, 7) is 4.62. The molecule has 4 heteroatoms. The standard InChI is InChI=1S/C13H16FN3/c1-3-15-12(13-16-6-7-17-13)10-4-5-11(14)9(2)8-10/h4-8,12,15H,3H2,1-2H3,(H,16,17). The summed E-state index contributed by atoms with van der Waals surface area (Å²) in [6.07, 6.45) is 3.51. The van der Waals surface area contributed by atoms with Crippen molar-refractivity contribution in [3.63, 3.8) is 0 Å². The lowest BCUT2D eigenvalue weighted by Crippen LogP contribution is -2.23. The first kappa shape index (κ1) is 11.8. The maximum absolute atomic E-state index is 13.2. The van der Waals surface area contributed by atoms with Crippen LogP contribution in [0.2, 0.25) is 0 Å². The molecule has 0 aliphatic carbocycles. The average Bonchev–Trinajstić information content (AvgIpc) is 2.83. The molecule has 2 rings (SSSR count). The Labute approximate surface area is 100 Å². The number of hydrogen-bond donors (Lipinski definition) is 2. The number of imidazole rings is 1. The van der Waals surface area contributed by atoms with Gasteiger partial charge in [-0.1, -0.05) is 19.1 Å². The van der Waals surface area contributed by atoms with E-state index in [9.17, 15) is 4.39 Å². The molecule has 1 aromatic heterocycles. The van der Waals surface area contributed by atoms with Crippen LogP contribution in [0.4, 0.5) is 4.39 Å². The molecule has 3 nitrogen and oxygen atoms in total. The molecule has 2 aromatic rings. The third kappa shape index (κ3) is 2.53. The highest BCUT2D eigenvalue weighted by Gasteiger charge is 2.15. The fourth-order valence-electron chi connectivity index (χ4n) is 1.86. The van der Waals surface area contributed by atoms with Gasteiger partial charge in [-0.3, -0.25) is 0 Å². The second-order valence-corrected chi connectivity index (χ2v) is 3.97. The molecule has 0 aliphatic heterocycles. The molecule has 90 valence electrons. The van der Waals surface area contributed by atoms with Gasteiger partial charge in [0.05, 0.1) is 6.04 Å². The van der Waals surface area contributed by atoms with Crippen LogP contribution >= 0.6 is 0 Å². The molecule has 1 atom stereocenters. The summed E-state index contributed by atoms with van der Waals surface area (Å²) < 4.78 is 13.2. The number of aromatic nitrogens is 2. The molecule has 0 saturated heterocycles. The summed E-state index contributed by atoms with van der Waals surface area (Å²) in [7, 11) is 0. The molecule has 2 N–H and O–H groups in total. The van der Waals surface area contributed by atoms with E-state index in [4.69, 9.17) is 0 Å². The van der Waals surface area contributed by atoms with E-state index >= 15 is 0 Å². The lowest BCUT2D eigenvalue weighted by atomic mass is 10.0. The van der Waals surface area contributed by atoms with Gasteiger partial charge in [0.2, 0.25) is 0 Å².